The monoisotopic (exact) mass is 530 g/mol. The number of benzene rings is 2. The molecule has 0 heterocycles. The Balaban J connectivity index is 2.67. The van der Waals surface area contributed by atoms with E-state index in [1.807, 2.05) is 0 Å². The second-order valence-corrected chi connectivity index (χ2v) is 9.08. The van der Waals surface area contributed by atoms with E-state index in [4.69, 9.17) is 0 Å². The maximum Gasteiger partial charge on any atom is 0.208 e. The Morgan fingerprint density at radius 1 is 0.737 bits per heavy atom. The summed E-state index contributed by atoms with van der Waals surface area (Å²) in [5.41, 5.74) is 0. The highest BCUT2D eigenvalue weighted by Crippen LogP contribution is 2.36. The zero-order valence-electron chi connectivity index (χ0n) is 9.20. The Morgan fingerprint density at radius 2 is 1.21 bits per heavy atom. The fourth-order valence-corrected chi connectivity index (χ4v) is 6.68. The van der Waals surface area contributed by atoms with E-state index >= 15 is 0 Å². The summed E-state index contributed by atoms with van der Waals surface area (Å²) >= 11 is 13.2. The van der Waals surface area contributed by atoms with E-state index in [2.05, 4.69) is 63.7 Å². The lowest BCUT2D eigenvalue weighted by molar-refractivity contribution is 0.595. The van der Waals surface area contributed by atoms with E-state index in [0.29, 0.717) is 8.95 Å². The number of hydrogen-bond acceptors (Lipinski definition) is 2. The topological polar surface area (TPSA) is 34.1 Å². The first-order valence-corrected chi connectivity index (χ1v) is 9.63. The van der Waals surface area contributed by atoms with Crippen molar-refractivity contribution >= 4 is 73.6 Å². The summed E-state index contributed by atoms with van der Waals surface area (Å²) in [6, 6.07) is 9.95. The van der Waals surface area contributed by atoms with Gasteiger partial charge in [0.1, 0.15) is 4.90 Å². The molecule has 0 bridgehead atoms. The van der Waals surface area contributed by atoms with Gasteiger partial charge in [-0.2, -0.15) is 0 Å². The summed E-state index contributed by atoms with van der Waals surface area (Å²) in [4.78, 5) is 0.470. The van der Waals surface area contributed by atoms with E-state index in [0.717, 1.165) is 8.95 Å². The minimum Gasteiger partial charge on any atom is -0.218 e. The van der Waals surface area contributed by atoms with Crippen molar-refractivity contribution in [2.75, 3.05) is 0 Å². The SMILES string of the molecule is O=S(=O)(c1ccc(Br)cc1)c1c(Br)cc(Br)cc1Br. The second-order valence-electron chi connectivity index (χ2n) is 3.66. The molecule has 19 heavy (non-hydrogen) atoms. The molecular formula is C12H6Br4O2S. The zero-order chi connectivity index (χ0) is 14.2. The molecule has 100 valence electrons. The van der Waals surface area contributed by atoms with Crippen LogP contribution in [0.25, 0.3) is 0 Å². The van der Waals surface area contributed by atoms with Crippen molar-refractivity contribution in [2.24, 2.45) is 0 Å². The minimum absolute atomic E-state index is 0.220. The van der Waals surface area contributed by atoms with Crippen molar-refractivity contribution in [3.63, 3.8) is 0 Å². The summed E-state index contributed by atoms with van der Waals surface area (Å²) < 4.78 is 27.9. The van der Waals surface area contributed by atoms with E-state index in [1.54, 1.807) is 36.4 Å². The van der Waals surface area contributed by atoms with Crippen molar-refractivity contribution in [2.45, 2.75) is 9.79 Å². The molecule has 0 aromatic heterocycles. The van der Waals surface area contributed by atoms with Gasteiger partial charge in [-0.1, -0.05) is 31.9 Å². The average molecular weight is 534 g/mol. The van der Waals surface area contributed by atoms with Crippen molar-refractivity contribution in [3.05, 3.63) is 54.3 Å². The first kappa shape index (κ1) is 15.7. The highest BCUT2D eigenvalue weighted by molar-refractivity contribution is 9.11. The molecule has 0 aliphatic carbocycles. The lowest BCUT2D eigenvalue weighted by Crippen LogP contribution is -2.04. The van der Waals surface area contributed by atoms with Gasteiger partial charge >= 0.3 is 0 Å². The fourth-order valence-electron chi connectivity index (χ4n) is 1.52. The quantitative estimate of drug-likeness (QED) is 0.506. The van der Waals surface area contributed by atoms with Crippen LogP contribution in [0.3, 0.4) is 0 Å². The Hall–Kier alpha value is 0.310. The van der Waals surface area contributed by atoms with Crippen molar-refractivity contribution in [3.8, 4) is 0 Å². The molecule has 0 N–H and O–H groups in total. The number of halogens is 4. The van der Waals surface area contributed by atoms with Gasteiger partial charge in [-0.05, 0) is 68.3 Å². The predicted molar refractivity (Wildman–Crippen MR) is 89.1 cm³/mol. The van der Waals surface area contributed by atoms with Crippen LogP contribution in [0, 0.1) is 0 Å². The second kappa shape index (κ2) is 5.97. The molecule has 0 radical (unpaired) electrons. The lowest BCUT2D eigenvalue weighted by atomic mass is 10.4. The summed E-state index contributed by atoms with van der Waals surface area (Å²) in [7, 11) is -3.57. The van der Waals surface area contributed by atoms with E-state index < -0.39 is 9.84 Å². The number of hydrogen-bond donors (Lipinski definition) is 0. The maximum absolute atomic E-state index is 12.6. The summed E-state index contributed by atoms with van der Waals surface area (Å²) in [6.45, 7) is 0. The van der Waals surface area contributed by atoms with Crippen LogP contribution in [-0.2, 0) is 9.84 Å². The largest absolute Gasteiger partial charge is 0.218 e. The summed E-state index contributed by atoms with van der Waals surface area (Å²) in [5.74, 6) is 0. The minimum atomic E-state index is -3.57. The van der Waals surface area contributed by atoms with Gasteiger partial charge < -0.3 is 0 Å². The van der Waals surface area contributed by atoms with Crippen molar-refractivity contribution in [1.29, 1.82) is 0 Å². The molecule has 2 aromatic rings. The number of rotatable bonds is 2. The van der Waals surface area contributed by atoms with Crippen LogP contribution in [0.2, 0.25) is 0 Å². The molecular weight excluding hydrogens is 528 g/mol. The van der Waals surface area contributed by atoms with Gasteiger partial charge in [0.25, 0.3) is 0 Å². The van der Waals surface area contributed by atoms with Gasteiger partial charge in [0.2, 0.25) is 9.84 Å². The van der Waals surface area contributed by atoms with Crippen LogP contribution in [0.1, 0.15) is 0 Å². The fraction of sp³-hybridized carbons (Fsp3) is 0. The molecule has 0 saturated carbocycles. The van der Waals surface area contributed by atoms with Gasteiger partial charge in [-0.15, -0.1) is 0 Å². The Morgan fingerprint density at radius 3 is 1.68 bits per heavy atom. The van der Waals surface area contributed by atoms with Gasteiger partial charge in [0.05, 0.1) is 4.90 Å². The molecule has 0 amide bonds. The van der Waals surface area contributed by atoms with Crippen LogP contribution in [0.15, 0.2) is 64.1 Å². The molecule has 0 aliphatic heterocycles. The Bertz CT molecular complexity index is 701. The van der Waals surface area contributed by atoms with Gasteiger partial charge in [0.15, 0.2) is 0 Å². The summed E-state index contributed by atoms with van der Waals surface area (Å²) in [6.07, 6.45) is 0. The number of sulfone groups is 1. The van der Waals surface area contributed by atoms with Crippen LogP contribution in [-0.4, -0.2) is 8.42 Å². The molecule has 2 aromatic carbocycles. The molecule has 0 aliphatic rings. The third-order valence-electron chi connectivity index (χ3n) is 2.36. The molecule has 0 fully saturated rings. The van der Waals surface area contributed by atoms with Gasteiger partial charge in [-0.25, -0.2) is 8.42 Å². The van der Waals surface area contributed by atoms with Crippen LogP contribution < -0.4 is 0 Å². The van der Waals surface area contributed by atoms with Crippen LogP contribution >= 0.6 is 63.7 Å². The standard InChI is InChI=1S/C12H6Br4O2S/c13-7-1-3-9(4-2-7)19(17,18)12-10(15)5-8(14)6-11(12)16/h1-6H. The van der Waals surface area contributed by atoms with E-state index in [1.165, 1.54) is 0 Å². The first-order chi connectivity index (χ1) is 8.82. The highest BCUT2D eigenvalue weighted by Gasteiger charge is 2.24. The van der Waals surface area contributed by atoms with Gasteiger partial charge in [0, 0.05) is 17.9 Å². The third kappa shape index (κ3) is 3.32. The highest BCUT2D eigenvalue weighted by atomic mass is 79.9. The summed E-state index contributed by atoms with van der Waals surface area (Å²) in [5, 5.41) is 0. The van der Waals surface area contributed by atoms with Gasteiger partial charge in [-0.3, -0.25) is 0 Å². The molecule has 0 atom stereocenters. The van der Waals surface area contributed by atoms with Crippen molar-refractivity contribution < 1.29 is 8.42 Å². The molecule has 2 nitrogen and oxygen atoms in total. The zero-order valence-corrected chi connectivity index (χ0v) is 16.4. The molecule has 0 saturated heterocycles. The lowest BCUT2D eigenvalue weighted by Gasteiger charge is -2.10. The first-order valence-electron chi connectivity index (χ1n) is 4.97. The van der Waals surface area contributed by atoms with E-state index in [-0.39, 0.29) is 9.79 Å². The molecule has 0 spiro atoms. The smallest absolute Gasteiger partial charge is 0.208 e. The Kier molecular flexibility index (Phi) is 4.93. The van der Waals surface area contributed by atoms with Crippen LogP contribution in [0.4, 0.5) is 0 Å². The predicted octanol–water partition coefficient (Wildman–Crippen LogP) is 5.57. The van der Waals surface area contributed by atoms with Crippen LogP contribution in [0.5, 0.6) is 0 Å². The normalized spacial score (nSPS) is 11.6. The maximum atomic E-state index is 12.6. The molecule has 0 unspecified atom stereocenters. The molecule has 2 rings (SSSR count). The molecule has 7 heteroatoms. The van der Waals surface area contributed by atoms with E-state index in [9.17, 15) is 8.42 Å². The van der Waals surface area contributed by atoms with Crippen molar-refractivity contribution in [1.82, 2.24) is 0 Å². The third-order valence-corrected chi connectivity index (χ3v) is 6.99. The Labute approximate surface area is 145 Å². The average Bonchev–Trinajstić information content (AvgIpc) is 2.27.